The molecule has 1 aliphatic carbocycles. The van der Waals surface area contributed by atoms with Crippen molar-refractivity contribution < 1.29 is 14.3 Å². The standard InChI is InChI=1S/C13H16ClN3O3/c14-9-1-4-11(20-7-12(18)17-13(15)19)8(5-9)6-16-10-2-3-10/h1,4-5,10,16H,2-3,6-7H2,(H3,15,17,18,19). The molecule has 1 aliphatic rings. The Balaban J connectivity index is 1.94. The summed E-state index contributed by atoms with van der Waals surface area (Å²) in [5.74, 6) is -0.0317. The number of carbonyl (C=O) groups is 2. The largest absolute Gasteiger partial charge is 0.483 e. The maximum Gasteiger partial charge on any atom is 0.318 e. The van der Waals surface area contributed by atoms with E-state index < -0.39 is 11.9 Å². The van der Waals surface area contributed by atoms with Crippen LogP contribution in [0.3, 0.4) is 0 Å². The fraction of sp³-hybridized carbons (Fsp3) is 0.385. The van der Waals surface area contributed by atoms with Gasteiger partial charge in [-0.2, -0.15) is 0 Å². The summed E-state index contributed by atoms with van der Waals surface area (Å²) in [5.41, 5.74) is 5.72. The van der Waals surface area contributed by atoms with Gasteiger partial charge < -0.3 is 15.8 Å². The molecule has 0 saturated heterocycles. The highest BCUT2D eigenvalue weighted by Crippen LogP contribution is 2.25. The minimum Gasteiger partial charge on any atom is -0.483 e. The lowest BCUT2D eigenvalue weighted by Crippen LogP contribution is -2.38. The van der Waals surface area contributed by atoms with Gasteiger partial charge in [0.2, 0.25) is 0 Å². The van der Waals surface area contributed by atoms with E-state index in [0.717, 1.165) is 5.56 Å². The molecule has 0 radical (unpaired) electrons. The number of nitrogens with one attached hydrogen (secondary N) is 2. The Kier molecular flexibility index (Phi) is 4.81. The first-order valence-corrected chi connectivity index (χ1v) is 6.66. The Labute approximate surface area is 121 Å². The topological polar surface area (TPSA) is 93.5 Å². The lowest BCUT2D eigenvalue weighted by molar-refractivity contribution is -0.121. The molecule has 4 N–H and O–H groups in total. The van der Waals surface area contributed by atoms with Crippen LogP contribution in [0.25, 0.3) is 0 Å². The molecule has 0 bridgehead atoms. The number of imide groups is 1. The van der Waals surface area contributed by atoms with E-state index in [1.54, 1.807) is 18.2 Å². The van der Waals surface area contributed by atoms with Gasteiger partial charge in [-0.25, -0.2) is 4.79 Å². The van der Waals surface area contributed by atoms with Gasteiger partial charge in [0.1, 0.15) is 5.75 Å². The van der Waals surface area contributed by atoms with E-state index in [1.165, 1.54) is 12.8 Å². The molecule has 0 spiro atoms. The van der Waals surface area contributed by atoms with Gasteiger partial charge in [0.05, 0.1) is 0 Å². The molecule has 1 saturated carbocycles. The molecule has 0 aromatic heterocycles. The molecule has 108 valence electrons. The van der Waals surface area contributed by atoms with Crippen molar-refractivity contribution >= 4 is 23.5 Å². The zero-order valence-corrected chi connectivity index (χ0v) is 11.6. The summed E-state index contributed by atoms with van der Waals surface area (Å²) >= 11 is 5.96. The van der Waals surface area contributed by atoms with Crippen LogP contribution in [0, 0.1) is 0 Å². The molecule has 0 atom stereocenters. The summed E-state index contributed by atoms with van der Waals surface area (Å²) in [6.07, 6.45) is 2.36. The van der Waals surface area contributed by atoms with Gasteiger partial charge in [-0.15, -0.1) is 0 Å². The van der Waals surface area contributed by atoms with E-state index in [-0.39, 0.29) is 6.61 Å². The number of hydrogen-bond donors (Lipinski definition) is 3. The summed E-state index contributed by atoms with van der Waals surface area (Å²) in [6, 6.07) is 4.83. The first-order chi connectivity index (χ1) is 9.54. The average Bonchev–Trinajstić information content (AvgIpc) is 3.18. The van der Waals surface area contributed by atoms with Crippen LogP contribution in [0.15, 0.2) is 18.2 Å². The summed E-state index contributed by atoms with van der Waals surface area (Å²) in [4.78, 5) is 21.8. The second kappa shape index (κ2) is 6.58. The smallest absolute Gasteiger partial charge is 0.318 e. The molecule has 0 unspecified atom stereocenters. The quantitative estimate of drug-likeness (QED) is 0.734. The Bertz CT molecular complexity index is 518. The Hall–Kier alpha value is -1.79. The molecule has 7 heteroatoms. The number of amides is 3. The number of rotatable bonds is 6. The van der Waals surface area contributed by atoms with Crippen LogP contribution in [-0.2, 0) is 11.3 Å². The normalized spacial score (nSPS) is 13.8. The second-order valence-electron chi connectivity index (χ2n) is 4.61. The number of urea groups is 1. The minimum absolute atomic E-state index is 0.277. The van der Waals surface area contributed by atoms with Gasteiger partial charge in [0.15, 0.2) is 6.61 Å². The van der Waals surface area contributed by atoms with Crippen molar-refractivity contribution in [3.8, 4) is 5.75 Å². The average molecular weight is 298 g/mol. The van der Waals surface area contributed by atoms with Crippen molar-refractivity contribution in [3.63, 3.8) is 0 Å². The molecule has 0 heterocycles. The molecular formula is C13H16ClN3O3. The van der Waals surface area contributed by atoms with Gasteiger partial charge in [-0.3, -0.25) is 10.1 Å². The zero-order chi connectivity index (χ0) is 14.5. The summed E-state index contributed by atoms with van der Waals surface area (Å²) < 4.78 is 5.39. The highest BCUT2D eigenvalue weighted by Gasteiger charge is 2.20. The molecule has 1 aromatic carbocycles. The monoisotopic (exact) mass is 297 g/mol. The minimum atomic E-state index is -0.898. The first-order valence-electron chi connectivity index (χ1n) is 6.28. The zero-order valence-electron chi connectivity index (χ0n) is 10.8. The third-order valence-electron chi connectivity index (χ3n) is 2.80. The predicted molar refractivity (Wildman–Crippen MR) is 74.5 cm³/mol. The van der Waals surface area contributed by atoms with Crippen molar-refractivity contribution in [2.45, 2.75) is 25.4 Å². The molecule has 1 aromatic rings. The molecule has 6 nitrogen and oxygen atoms in total. The van der Waals surface area contributed by atoms with E-state index in [2.05, 4.69) is 5.32 Å². The number of halogens is 1. The maximum absolute atomic E-state index is 11.3. The SMILES string of the molecule is NC(=O)NC(=O)COc1ccc(Cl)cc1CNC1CC1. The van der Waals surface area contributed by atoms with Crippen LogP contribution < -0.4 is 21.1 Å². The van der Waals surface area contributed by atoms with Crippen molar-refractivity contribution in [1.82, 2.24) is 10.6 Å². The number of carbonyl (C=O) groups excluding carboxylic acids is 2. The summed E-state index contributed by atoms with van der Waals surface area (Å²) in [7, 11) is 0. The van der Waals surface area contributed by atoms with Crippen molar-refractivity contribution in [1.29, 1.82) is 0 Å². The molecule has 2 rings (SSSR count). The fourth-order valence-electron chi connectivity index (χ4n) is 1.69. The number of benzene rings is 1. The highest BCUT2D eigenvalue weighted by atomic mass is 35.5. The Morgan fingerprint density at radius 1 is 1.40 bits per heavy atom. The maximum atomic E-state index is 11.3. The Morgan fingerprint density at radius 3 is 2.80 bits per heavy atom. The predicted octanol–water partition coefficient (Wildman–Crippen LogP) is 1.17. The molecular weight excluding hydrogens is 282 g/mol. The molecule has 1 fully saturated rings. The van der Waals surface area contributed by atoms with Gasteiger partial charge in [-0.1, -0.05) is 11.6 Å². The van der Waals surface area contributed by atoms with Gasteiger partial charge >= 0.3 is 6.03 Å². The lowest BCUT2D eigenvalue weighted by Gasteiger charge is -2.12. The number of hydrogen-bond acceptors (Lipinski definition) is 4. The molecule has 0 aliphatic heterocycles. The van der Waals surface area contributed by atoms with Crippen LogP contribution in [0.4, 0.5) is 4.79 Å². The summed E-state index contributed by atoms with van der Waals surface area (Å²) in [5, 5.41) is 5.89. The fourth-order valence-corrected chi connectivity index (χ4v) is 1.88. The number of primary amides is 1. The van der Waals surface area contributed by atoms with Gasteiger partial charge in [0, 0.05) is 23.2 Å². The van der Waals surface area contributed by atoms with Crippen LogP contribution in [0.5, 0.6) is 5.75 Å². The van der Waals surface area contributed by atoms with E-state index in [9.17, 15) is 9.59 Å². The molecule has 3 amide bonds. The van der Waals surface area contributed by atoms with Crippen LogP contribution >= 0.6 is 11.6 Å². The van der Waals surface area contributed by atoms with Crippen molar-refractivity contribution in [2.24, 2.45) is 5.73 Å². The van der Waals surface area contributed by atoms with E-state index in [0.29, 0.717) is 23.4 Å². The third-order valence-corrected chi connectivity index (χ3v) is 3.04. The van der Waals surface area contributed by atoms with Gasteiger partial charge in [0.25, 0.3) is 5.91 Å². The highest BCUT2D eigenvalue weighted by molar-refractivity contribution is 6.30. The number of ether oxygens (including phenoxy) is 1. The van der Waals surface area contributed by atoms with Crippen LogP contribution in [-0.4, -0.2) is 24.6 Å². The Morgan fingerprint density at radius 2 is 2.15 bits per heavy atom. The number of nitrogens with two attached hydrogens (primary N) is 1. The molecule has 20 heavy (non-hydrogen) atoms. The third kappa shape index (κ3) is 4.71. The van der Waals surface area contributed by atoms with Crippen molar-refractivity contribution in [2.75, 3.05) is 6.61 Å². The van der Waals surface area contributed by atoms with E-state index in [4.69, 9.17) is 22.1 Å². The second-order valence-corrected chi connectivity index (χ2v) is 5.04. The van der Waals surface area contributed by atoms with E-state index in [1.807, 2.05) is 5.32 Å². The first kappa shape index (κ1) is 14.6. The van der Waals surface area contributed by atoms with Crippen molar-refractivity contribution in [3.05, 3.63) is 28.8 Å². The van der Waals surface area contributed by atoms with Crippen LogP contribution in [0.2, 0.25) is 5.02 Å². The van der Waals surface area contributed by atoms with Gasteiger partial charge in [-0.05, 0) is 31.0 Å². The lowest BCUT2D eigenvalue weighted by atomic mass is 10.2. The summed E-state index contributed by atoms with van der Waals surface area (Å²) in [6.45, 7) is 0.346. The van der Waals surface area contributed by atoms with Crippen LogP contribution in [0.1, 0.15) is 18.4 Å². The van der Waals surface area contributed by atoms with E-state index >= 15 is 0 Å².